The molecule has 2 fully saturated rings. The molecule has 2 aliphatic rings. The Morgan fingerprint density at radius 2 is 1.93 bits per heavy atom. The molecule has 2 heterocycles. The van der Waals surface area contributed by atoms with Crippen LogP contribution in [0.15, 0.2) is 30.3 Å². The number of nitrogens with one attached hydrogen (secondary N) is 1. The minimum absolute atomic E-state index is 0.174. The van der Waals surface area contributed by atoms with E-state index in [2.05, 4.69) is 5.32 Å². The van der Waals surface area contributed by atoms with Gasteiger partial charge in [0.25, 0.3) is 11.8 Å². The lowest BCUT2D eigenvalue weighted by Gasteiger charge is -2.35. The summed E-state index contributed by atoms with van der Waals surface area (Å²) in [7, 11) is 0. The molecule has 0 aliphatic carbocycles. The highest BCUT2D eigenvalue weighted by atomic mass is 16.5. The first kappa shape index (κ1) is 20.8. The van der Waals surface area contributed by atoms with E-state index in [-0.39, 0.29) is 18.6 Å². The van der Waals surface area contributed by atoms with Crippen LogP contribution in [0.4, 0.5) is 4.79 Å². The van der Waals surface area contributed by atoms with Crippen LogP contribution in [-0.2, 0) is 24.7 Å². The topological polar surface area (TPSA) is 96.0 Å². The number of hydrogen-bond acceptors (Lipinski definition) is 5. The first-order chi connectivity index (χ1) is 13.9. The number of rotatable bonds is 6. The number of amides is 4. The molecule has 4 amide bonds. The summed E-state index contributed by atoms with van der Waals surface area (Å²) in [6, 6.07) is 8.34. The van der Waals surface area contributed by atoms with Crippen LogP contribution in [0.25, 0.3) is 0 Å². The predicted octanol–water partition coefficient (Wildman–Crippen LogP) is 1.79. The van der Waals surface area contributed by atoms with Crippen LogP contribution in [0, 0.1) is 0 Å². The van der Waals surface area contributed by atoms with Crippen LogP contribution in [0.3, 0.4) is 0 Å². The second-order valence-electron chi connectivity index (χ2n) is 7.62. The van der Waals surface area contributed by atoms with E-state index in [4.69, 9.17) is 4.74 Å². The van der Waals surface area contributed by atoms with Crippen molar-refractivity contribution in [2.75, 3.05) is 19.7 Å². The molecular weight excluding hydrogens is 374 g/mol. The number of benzene rings is 1. The minimum atomic E-state index is -1.24. The normalized spacial score (nSPS) is 24.4. The van der Waals surface area contributed by atoms with Gasteiger partial charge in [0.2, 0.25) is 0 Å². The maximum Gasteiger partial charge on any atom is 0.326 e. The fourth-order valence-electron chi connectivity index (χ4n) is 3.96. The lowest BCUT2D eigenvalue weighted by Crippen LogP contribution is -2.46. The number of carbonyl (C=O) groups excluding carboxylic acids is 4. The number of ether oxygens (including phenoxy) is 1. The Labute approximate surface area is 170 Å². The van der Waals surface area contributed by atoms with Crippen LogP contribution in [0.5, 0.6) is 0 Å². The molecular formula is C21H27N3O5. The summed E-state index contributed by atoms with van der Waals surface area (Å²) in [5.41, 5.74) is -0.614. The third-order valence-corrected chi connectivity index (χ3v) is 5.69. The van der Waals surface area contributed by atoms with Gasteiger partial charge in [0, 0.05) is 12.6 Å². The van der Waals surface area contributed by atoms with E-state index < -0.39 is 30.0 Å². The Hall–Kier alpha value is -2.90. The molecule has 0 spiro atoms. The van der Waals surface area contributed by atoms with Gasteiger partial charge in [-0.25, -0.2) is 4.79 Å². The molecule has 2 aliphatic heterocycles. The molecule has 0 aromatic heterocycles. The molecule has 0 bridgehead atoms. The SMILES string of the molecule is CC[C@H]1CCCCN1C(=O)COC(=O)CN1C(=O)N[C@](C)(c2ccccc2)C1=O. The molecule has 2 saturated heterocycles. The summed E-state index contributed by atoms with van der Waals surface area (Å²) in [5, 5.41) is 2.64. The van der Waals surface area contributed by atoms with Gasteiger partial charge in [-0.2, -0.15) is 0 Å². The van der Waals surface area contributed by atoms with E-state index in [1.54, 1.807) is 36.1 Å². The number of likely N-dealkylation sites (tertiary alicyclic amines) is 1. The smallest absolute Gasteiger partial charge is 0.326 e. The molecule has 2 atom stereocenters. The summed E-state index contributed by atoms with van der Waals surface area (Å²) in [6.45, 7) is 3.38. The Kier molecular flexibility index (Phi) is 6.20. The van der Waals surface area contributed by atoms with Crippen molar-refractivity contribution in [1.29, 1.82) is 0 Å². The molecule has 0 unspecified atom stereocenters. The monoisotopic (exact) mass is 401 g/mol. The van der Waals surface area contributed by atoms with Gasteiger partial charge in [0.05, 0.1) is 0 Å². The zero-order valence-electron chi connectivity index (χ0n) is 16.8. The summed E-state index contributed by atoms with van der Waals surface area (Å²) in [6.07, 6.45) is 3.85. The molecule has 1 aromatic carbocycles. The molecule has 1 aromatic rings. The molecule has 3 rings (SSSR count). The first-order valence-electron chi connectivity index (χ1n) is 10.0. The lowest BCUT2D eigenvalue weighted by molar-refractivity contribution is -0.155. The molecule has 0 saturated carbocycles. The molecule has 8 nitrogen and oxygen atoms in total. The van der Waals surface area contributed by atoms with E-state index in [1.807, 2.05) is 13.0 Å². The quantitative estimate of drug-likeness (QED) is 0.579. The molecule has 29 heavy (non-hydrogen) atoms. The molecule has 1 N–H and O–H groups in total. The summed E-state index contributed by atoms with van der Waals surface area (Å²) < 4.78 is 5.08. The number of urea groups is 1. The summed E-state index contributed by atoms with van der Waals surface area (Å²) >= 11 is 0. The highest BCUT2D eigenvalue weighted by Gasteiger charge is 2.49. The van der Waals surface area contributed by atoms with Crippen molar-refractivity contribution in [2.24, 2.45) is 0 Å². The fourth-order valence-corrected chi connectivity index (χ4v) is 3.96. The zero-order valence-corrected chi connectivity index (χ0v) is 16.8. The van der Waals surface area contributed by atoms with E-state index >= 15 is 0 Å². The van der Waals surface area contributed by atoms with E-state index in [0.717, 1.165) is 30.6 Å². The molecule has 8 heteroatoms. The predicted molar refractivity (Wildman–Crippen MR) is 105 cm³/mol. The largest absolute Gasteiger partial charge is 0.454 e. The van der Waals surface area contributed by atoms with Gasteiger partial charge in [-0.3, -0.25) is 19.3 Å². The third kappa shape index (κ3) is 4.26. The second kappa shape index (κ2) is 8.63. The van der Waals surface area contributed by atoms with Crippen LogP contribution in [-0.4, -0.2) is 59.4 Å². The number of piperidine rings is 1. The number of hydrogen-bond donors (Lipinski definition) is 1. The minimum Gasteiger partial charge on any atom is -0.454 e. The van der Waals surface area contributed by atoms with Gasteiger partial charge < -0.3 is 15.0 Å². The van der Waals surface area contributed by atoms with E-state index in [0.29, 0.717) is 12.1 Å². The summed E-state index contributed by atoms with van der Waals surface area (Å²) in [4.78, 5) is 52.3. The van der Waals surface area contributed by atoms with Crippen molar-refractivity contribution >= 4 is 23.8 Å². The Morgan fingerprint density at radius 1 is 1.21 bits per heavy atom. The molecule has 0 radical (unpaired) electrons. The fraction of sp³-hybridized carbons (Fsp3) is 0.524. The van der Waals surface area contributed by atoms with E-state index in [1.165, 1.54) is 0 Å². The van der Waals surface area contributed by atoms with Gasteiger partial charge in [0.1, 0.15) is 12.1 Å². The number of carbonyl (C=O) groups is 4. The Balaban J connectivity index is 1.57. The van der Waals surface area contributed by atoms with Crippen LogP contribution >= 0.6 is 0 Å². The third-order valence-electron chi connectivity index (χ3n) is 5.69. The Bertz CT molecular complexity index is 797. The maximum absolute atomic E-state index is 12.8. The highest BCUT2D eigenvalue weighted by Crippen LogP contribution is 2.28. The van der Waals surface area contributed by atoms with Crippen LogP contribution < -0.4 is 5.32 Å². The van der Waals surface area contributed by atoms with E-state index in [9.17, 15) is 19.2 Å². The number of imide groups is 1. The molecule has 156 valence electrons. The van der Waals surface area contributed by atoms with Crippen molar-refractivity contribution < 1.29 is 23.9 Å². The zero-order chi connectivity index (χ0) is 21.0. The highest BCUT2D eigenvalue weighted by molar-refractivity contribution is 6.08. The standard InChI is InChI=1S/C21H27N3O5/c1-3-16-11-7-8-12-23(16)17(25)14-29-18(26)13-24-19(27)21(2,22-20(24)28)15-9-5-4-6-10-15/h4-6,9-10,16H,3,7-8,11-14H2,1-2H3,(H,22,28)/t16-,21+/m0/s1. The van der Waals surface area contributed by atoms with Crippen molar-refractivity contribution in [3.63, 3.8) is 0 Å². The van der Waals surface area contributed by atoms with Gasteiger partial charge in [0.15, 0.2) is 6.61 Å². The van der Waals surface area contributed by atoms with Crippen molar-refractivity contribution in [1.82, 2.24) is 15.1 Å². The van der Waals surface area contributed by atoms with Gasteiger partial charge in [-0.1, -0.05) is 37.3 Å². The number of nitrogens with zero attached hydrogens (tertiary/aromatic N) is 2. The van der Waals surface area contributed by atoms with Crippen molar-refractivity contribution in [3.05, 3.63) is 35.9 Å². The second-order valence-corrected chi connectivity index (χ2v) is 7.62. The average Bonchev–Trinajstić information content (AvgIpc) is 2.96. The van der Waals surface area contributed by atoms with Gasteiger partial charge >= 0.3 is 12.0 Å². The van der Waals surface area contributed by atoms with Gasteiger partial charge in [-0.15, -0.1) is 0 Å². The lowest BCUT2D eigenvalue weighted by atomic mass is 9.92. The van der Waals surface area contributed by atoms with Crippen molar-refractivity contribution in [3.8, 4) is 0 Å². The van der Waals surface area contributed by atoms with Gasteiger partial charge in [-0.05, 0) is 38.2 Å². The van der Waals surface area contributed by atoms with Crippen LogP contribution in [0.2, 0.25) is 0 Å². The van der Waals surface area contributed by atoms with Crippen LogP contribution in [0.1, 0.15) is 45.1 Å². The maximum atomic E-state index is 12.8. The van der Waals surface area contributed by atoms with Crippen molar-refractivity contribution in [2.45, 2.75) is 51.1 Å². The average molecular weight is 401 g/mol. The first-order valence-corrected chi connectivity index (χ1v) is 10.0. The Morgan fingerprint density at radius 3 is 2.62 bits per heavy atom. The number of esters is 1. The summed E-state index contributed by atoms with van der Waals surface area (Å²) in [5.74, 6) is -1.56.